The zero-order valence-corrected chi connectivity index (χ0v) is 20.6. The first kappa shape index (κ1) is 25.7. The molecule has 0 spiro atoms. The van der Waals surface area contributed by atoms with E-state index < -0.39 is 5.91 Å². The molecule has 3 aromatic rings. The molecule has 1 fully saturated rings. The van der Waals surface area contributed by atoms with Gasteiger partial charge in [-0.15, -0.1) is 0 Å². The summed E-state index contributed by atoms with van der Waals surface area (Å²) < 4.78 is 5.69. The van der Waals surface area contributed by atoms with Gasteiger partial charge in [-0.05, 0) is 48.1 Å². The van der Waals surface area contributed by atoms with Gasteiger partial charge in [-0.2, -0.15) is 0 Å². The van der Waals surface area contributed by atoms with Crippen LogP contribution in [0.1, 0.15) is 48.8 Å². The summed E-state index contributed by atoms with van der Waals surface area (Å²) in [6.45, 7) is 2.62. The molecular weight excluding hydrogens is 454 g/mol. The number of ether oxygens (including phenoxy) is 1. The van der Waals surface area contributed by atoms with Crippen LogP contribution in [0.3, 0.4) is 0 Å². The molecule has 7 nitrogen and oxygen atoms in total. The van der Waals surface area contributed by atoms with Crippen molar-refractivity contribution in [3.63, 3.8) is 0 Å². The van der Waals surface area contributed by atoms with Gasteiger partial charge in [0.05, 0.1) is 5.92 Å². The average molecular weight is 490 g/mol. The normalized spacial score (nSPS) is 14.5. The number of aromatic amines is 1. The predicted octanol–water partition coefficient (Wildman–Crippen LogP) is 4.85. The van der Waals surface area contributed by atoms with Crippen LogP contribution in [0.25, 0.3) is 17.0 Å². The molecule has 1 aliphatic carbocycles. The van der Waals surface area contributed by atoms with E-state index in [2.05, 4.69) is 34.3 Å². The van der Waals surface area contributed by atoms with Gasteiger partial charge in [0.25, 0.3) is 5.91 Å². The number of carbonyl (C=O) groups excluding carboxylic acids is 2. The maximum absolute atomic E-state index is 12.5. The number of aromatic nitrogens is 1. The number of benzene rings is 2. The number of fused-ring (bicyclic) bond motifs is 1. The SMILES string of the molecule is O=C(/C=C/c1ccc(CN(CCOC(=O)C2CCCCC2)CCc2c[nH]c3ccccc23)cc1)NO. The average Bonchev–Trinajstić information content (AvgIpc) is 3.34. The summed E-state index contributed by atoms with van der Waals surface area (Å²) in [6, 6.07) is 16.3. The summed E-state index contributed by atoms with van der Waals surface area (Å²) in [5, 5.41) is 9.86. The highest BCUT2D eigenvalue weighted by Gasteiger charge is 2.22. The van der Waals surface area contributed by atoms with Crippen LogP contribution in [-0.4, -0.2) is 46.7 Å². The Morgan fingerprint density at radius 2 is 1.83 bits per heavy atom. The first-order chi connectivity index (χ1) is 17.6. The first-order valence-electron chi connectivity index (χ1n) is 12.8. The van der Waals surface area contributed by atoms with Gasteiger partial charge in [0.1, 0.15) is 6.61 Å². The van der Waals surface area contributed by atoms with Gasteiger partial charge in [-0.1, -0.05) is 61.7 Å². The minimum atomic E-state index is -0.565. The smallest absolute Gasteiger partial charge is 0.308 e. The molecule has 1 aromatic heterocycles. The highest BCUT2D eigenvalue weighted by atomic mass is 16.5. The summed E-state index contributed by atoms with van der Waals surface area (Å²) >= 11 is 0. The third-order valence-electron chi connectivity index (χ3n) is 6.89. The second-order valence-electron chi connectivity index (χ2n) is 9.44. The number of amides is 1. The van der Waals surface area contributed by atoms with Crippen LogP contribution in [0, 0.1) is 5.92 Å². The van der Waals surface area contributed by atoms with E-state index in [9.17, 15) is 9.59 Å². The second kappa shape index (κ2) is 13.0. The fraction of sp³-hybridized carbons (Fsp3) is 0.379. The molecule has 0 radical (unpaired) electrons. The topological polar surface area (TPSA) is 94.7 Å². The Kier molecular flexibility index (Phi) is 9.30. The van der Waals surface area contributed by atoms with Crippen LogP contribution in [0.15, 0.2) is 60.8 Å². The van der Waals surface area contributed by atoms with E-state index in [1.807, 2.05) is 30.3 Å². The number of para-hydroxylation sites is 1. The van der Waals surface area contributed by atoms with Gasteiger partial charge in [-0.3, -0.25) is 19.7 Å². The number of hydroxylamine groups is 1. The minimum Gasteiger partial charge on any atom is -0.464 e. The molecule has 0 aliphatic heterocycles. The third-order valence-corrected chi connectivity index (χ3v) is 6.89. The summed E-state index contributed by atoms with van der Waals surface area (Å²) in [4.78, 5) is 29.4. The molecule has 1 aliphatic rings. The van der Waals surface area contributed by atoms with Crippen LogP contribution >= 0.6 is 0 Å². The van der Waals surface area contributed by atoms with Gasteiger partial charge in [0, 0.05) is 42.8 Å². The van der Waals surface area contributed by atoms with Gasteiger partial charge in [0.2, 0.25) is 0 Å². The van der Waals surface area contributed by atoms with Crippen molar-refractivity contribution >= 4 is 28.9 Å². The van der Waals surface area contributed by atoms with Crippen molar-refractivity contribution in [1.29, 1.82) is 0 Å². The Bertz CT molecular complexity index is 1160. The van der Waals surface area contributed by atoms with E-state index in [0.717, 1.165) is 61.8 Å². The largest absolute Gasteiger partial charge is 0.464 e. The minimum absolute atomic E-state index is 0.0469. The molecule has 7 heteroatoms. The van der Waals surface area contributed by atoms with Crippen LogP contribution in [0.2, 0.25) is 0 Å². The standard InChI is InChI=1S/C29H35N3O4/c33-28(31-35)15-14-22-10-12-23(13-11-22)21-32(18-19-36-29(34)24-6-2-1-3-7-24)17-16-25-20-30-27-9-5-4-8-26(25)27/h4-5,8-15,20,24,30,35H,1-3,6-7,16-19,21H2,(H,31,33)/b15-14+. The van der Waals surface area contributed by atoms with Crippen molar-refractivity contribution in [3.8, 4) is 0 Å². The fourth-order valence-corrected chi connectivity index (χ4v) is 4.82. The van der Waals surface area contributed by atoms with Gasteiger partial charge in [-0.25, -0.2) is 5.48 Å². The summed E-state index contributed by atoms with van der Waals surface area (Å²) in [7, 11) is 0. The Balaban J connectivity index is 1.37. The summed E-state index contributed by atoms with van der Waals surface area (Å²) in [5.74, 6) is -0.549. The van der Waals surface area contributed by atoms with E-state index in [1.165, 1.54) is 23.4 Å². The Morgan fingerprint density at radius 1 is 1.06 bits per heavy atom. The molecule has 0 bridgehead atoms. The molecule has 1 saturated carbocycles. The Morgan fingerprint density at radius 3 is 2.61 bits per heavy atom. The first-order valence-corrected chi connectivity index (χ1v) is 12.8. The number of nitrogens with zero attached hydrogens (tertiary/aromatic N) is 1. The molecule has 36 heavy (non-hydrogen) atoms. The molecule has 1 heterocycles. The van der Waals surface area contributed by atoms with Crippen molar-refractivity contribution in [1.82, 2.24) is 15.4 Å². The number of esters is 1. The predicted molar refractivity (Wildman–Crippen MR) is 140 cm³/mol. The van der Waals surface area contributed by atoms with E-state index >= 15 is 0 Å². The van der Waals surface area contributed by atoms with E-state index in [0.29, 0.717) is 13.2 Å². The molecule has 190 valence electrons. The molecular formula is C29H35N3O4. The van der Waals surface area contributed by atoms with Crippen LogP contribution in [-0.2, 0) is 27.3 Å². The number of H-pyrrole nitrogens is 1. The zero-order chi connectivity index (χ0) is 25.2. The quantitative estimate of drug-likeness (QED) is 0.155. The number of rotatable bonds is 11. The number of carbonyl (C=O) groups is 2. The van der Waals surface area contributed by atoms with Crippen molar-refractivity contribution in [2.75, 3.05) is 19.7 Å². The van der Waals surface area contributed by atoms with Crippen LogP contribution in [0.4, 0.5) is 0 Å². The Hall–Kier alpha value is -3.42. The van der Waals surface area contributed by atoms with Gasteiger partial charge in [0.15, 0.2) is 0 Å². The highest BCUT2D eigenvalue weighted by Crippen LogP contribution is 2.24. The van der Waals surface area contributed by atoms with Crippen molar-refractivity contribution in [2.24, 2.45) is 5.92 Å². The monoisotopic (exact) mass is 489 g/mol. The van der Waals surface area contributed by atoms with Gasteiger partial charge >= 0.3 is 5.97 Å². The van der Waals surface area contributed by atoms with Crippen molar-refractivity contribution in [2.45, 2.75) is 45.1 Å². The zero-order valence-electron chi connectivity index (χ0n) is 20.6. The number of hydrogen-bond acceptors (Lipinski definition) is 5. The lowest BCUT2D eigenvalue weighted by molar-refractivity contribution is -0.150. The fourth-order valence-electron chi connectivity index (χ4n) is 4.82. The lowest BCUT2D eigenvalue weighted by Crippen LogP contribution is -2.31. The van der Waals surface area contributed by atoms with E-state index in [1.54, 1.807) is 11.6 Å². The maximum Gasteiger partial charge on any atom is 0.308 e. The summed E-state index contributed by atoms with van der Waals surface area (Å²) in [5.41, 5.74) is 6.01. The molecule has 4 rings (SSSR count). The third kappa shape index (κ3) is 7.29. The van der Waals surface area contributed by atoms with E-state index in [4.69, 9.17) is 9.94 Å². The molecule has 0 unspecified atom stereocenters. The lowest BCUT2D eigenvalue weighted by atomic mass is 9.89. The van der Waals surface area contributed by atoms with Crippen LogP contribution in [0.5, 0.6) is 0 Å². The van der Waals surface area contributed by atoms with Gasteiger partial charge < -0.3 is 9.72 Å². The molecule has 2 aromatic carbocycles. The maximum atomic E-state index is 12.5. The summed E-state index contributed by atoms with van der Waals surface area (Å²) in [6.07, 6.45) is 11.2. The second-order valence-corrected chi connectivity index (χ2v) is 9.44. The number of nitrogens with one attached hydrogen (secondary N) is 2. The molecule has 0 atom stereocenters. The van der Waals surface area contributed by atoms with Crippen LogP contribution < -0.4 is 5.48 Å². The molecule has 1 amide bonds. The molecule has 0 saturated heterocycles. The number of hydrogen-bond donors (Lipinski definition) is 3. The van der Waals surface area contributed by atoms with Crippen molar-refractivity contribution < 1.29 is 19.5 Å². The lowest BCUT2D eigenvalue weighted by Gasteiger charge is -2.24. The Labute approximate surface area is 212 Å². The highest BCUT2D eigenvalue weighted by molar-refractivity contribution is 5.90. The molecule has 3 N–H and O–H groups in total. The van der Waals surface area contributed by atoms with Crippen molar-refractivity contribution in [3.05, 3.63) is 77.5 Å². The van der Waals surface area contributed by atoms with E-state index in [-0.39, 0.29) is 11.9 Å².